The molecule has 0 unspecified atom stereocenters. The summed E-state index contributed by atoms with van der Waals surface area (Å²) in [7, 11) is 0. The van der Waals surface area contributed by atoms with E-state index in [-0.39, 0.29) is 27.7 Å². The SMILES string of the molecule is O=C(NCc1ccc(Cl)c(-c2nn(-c3ccc(C#CC4CC4)cc3F)c(=O)[nH]2)c1)C(F)(F)F. The Hall–Kier alpha value is -3.58. The lowest BCUT2D eigenvalue weighted by Gasteiger charge is -2.09. The standard InChI is InChI=1S/C22H15ClF4N4O2/c23-16-7-5-14(11-28-20(32)22(25,26)27)9-15(16)19-29-21(33)31(30-19)18-8-6-13(10-17(18)24)4-3-12-1-2-12/h5-10,12H,1-2,11H2,(H,28,32)(H,29,30,33). The largest absolute Gasteiger partial charge is 0.471 e. The summed E-state index contributed by atoms with van der Waals surface area (Å²) >= 11 is 6.16. The number of halogens is 5. The zero-order valence-corrected chi connectivity index (χ0v) is 17.5. The predicted molar refractivity (Wildman–Crippen MR) is 112 cm³/mol. The Kier molecular flexibility index (Phi) is 5.99. The molecule has 4 rings (SSSR count). The van der Waals surface area contributed by atoms with Gasteiger partial charge in [-0.05, 0) is 48.7 Å². The molecule has 0 spiro atoms. The van der Waals surface area contributed by atoms with Crippen LogP contribution in [0.25, 0.3) is 17.1 Å². The Morgan fingerprint density at radius 2 is 2.00 bits per heavy atom. The molecule has 2 aromatic carbocycles. The molecular formula is C22H15ClF4N4O2. The van der Waals surface area contributed by atoms with Crippen LogP contribution in [0.5, 0.6) is 0 Å². The van der Waals surface area contributed by atoms with Crippen LogP contribution in [0, 0.1) is 23.6 Å². The van der Waals surface area contributed by atoms with Gasteiger partial charge < -0.3 is 5.32 Å². The van der Waals surface area contributed by atoms with Crippen LogP contribution >= 0.6 is 11.6 Å². The number of alkyl halides is 3. The number of nitrogens with one attached hydrogen (secondary N) is 2. The monoisotopic (exact) mass is 478 g/mol. The number of hydrogen-bond acceptors (Lipinski definition) is 3. The molecule has 0 bridgehead atoms. The lowest BCUT2D eigenvalue weighted by atomic mass is 10.1. The summed E-state index contributed by atoms with van der Waals surface area (Å²) in [6, 6.07) is 8.33. The Labute approximate surface area is 189 Å². The molecule has 2 N–H and O–H groups in total. The highest BCUT2D eigenvalue weighted by Crippen LogP contribution is 2.28. The van der Waals surface area contributed by atoms with Crippen molar-refractivity contribution in [3.8, 4) is 28.9 Å². The minimum Gasteiger partial charge on any atom is -0.344 e. The van der Waals surface area contributed by atoms with Crippen molar-refractivity contribution < 1.29 is 22.4 Å². The van der Waals surface area contributed by atoms with Crippen molar-refractivity contribution in [3.63, 3.8) is 0 Å². The van der Waals surface area contributed by atoms with Crippen LogP contribution in [0.15, 0.2) is 41.2 Å². The average Bonchev–Trinajstić information content (AvgIpc) is 3.51. The van der Waals surface area contributed by atoms with Crippen LogP contribution in [-0.4, -0.2) is 26.8 Å². The molecule has 33 heavy (non-hydrogen) atoms. The average molecular weight is 479 g/mol. The zero-order chi connectivity index (χ0) is 23.8. The van der Waals surface area contributed by atoms with Crippen molar-refractivity contribution in [2.24, 2.45) is 5.92 Å². The molecule has 1 aliphatic carbocycles. The van der Waals surface area contributed by atoms with Crippen molar-refractivity contribution in [3.05, 3.63) is 68.8 Å². The summed E-state index contributed by atoms with van der Waals surface area (Å²) in [6.07, 6.45) is -2.93. The first-order valence-electron chi connectivity index (χ1n) is 9.76. The highest BCUT2D eigenvalue weighted by atomic mass is 35.5. The van der Waals surface area contributed by atoms with Crippen LogP contribution in [0.3, 0.4) is 0 Å². The molecule has 0 radical (unpaired) electrons. The second-order valence-corrected chi connectivity index (χ2v) is 7.80. The van der Waals surface area contributed by atoms with Gasteiger partial charge in [-0.25, -0.2) is 9.18 Å². The summed E-state index contributed by atoms with van der Waals surface area (Å²) < 4.78 is 52.6. The first kappa shape index (κ1) is 22.6. The van der Waals surface area contributed by atoms with Gasteiger partial charge in [0.2, 0.25) is 0 Å². The number of nitrogens with zero attached hydrogens (tertiary/aromatic N) is 2. The molecule has 11 heteroatoms. The van der Waals surface area contributed by atoms with Gasteiger partial charge in [0.15, 0.2) is 5.82 Å². The van der Waals surface area contributed by atoms with Gasteiger partial charge in [-0.2, -0.15) is 17.9 Å². The van der Waals surface area contributed by atoms with Gasteiger partial charge in [0.25, 0.3) is 0 Å². The number of benzene rings is 2. The molecule has 3 aromatic rings. The Bertz CT molecular complexity index is 1350. The van der Waals surface area contributed by atoms with Crippen molar-refractivity contribution in [2.45, 2.75) is 25.6 Å². The van der Waals surface area contributed by atoms with E-state index in [0.29, 0.717) is 11.5 Å². The van der Waals surface area contributed by atoms with E-state index in [1.54, 1.807) is 11.4 Å². The highest BCUT2D eigenvalue weighted by Gasteiger charge is 2.38. The molecule has 1 aromatic heterocycles. The normalized spacial score (nSPS) is 13.4. The smallest absolute Gasteiger partial charge is 0.344 e. The minimum absolute atomic E-state index is 0.0222. The molecule has 6 nitrogen and oxygen atoms in total. The molecule has 0 aliphatic heterocycles. The van der Waals surface area contributed by atoms with E-state index in [9.17, 15) is 27.2 Å². The number of aromatic amines is 1. The van der Waals surface area contributed by atoms with Gasteiger partial charge in [-0.1, -0.05) is 29.5 Å². The lowest BCUT2D eigenvalue weighted by molar-refractivity contribution is -0.173. The summed E-state index contributed by atoms with van der Waals surface area (Å²) in [5, 5.41) is 5.98. The van der Waals surface area contributed by atoms with Gasteiger partial charge in [-0.3, -0.25) is 9.78 Å². The zero-order valence-electron chi connectivity index (χ0n) is 16.8. The van der Waals surface area contributed by atoms with Crippen LogP contribution in [0.1, 0.15) is 24.0 Å². The lowest BCUT2D eigenvalue weighted by Crippen LogP contribution is -2.36. The molecular weight excluding hydrogens is 464 g/mol. The van der Waals surface area contributed by atoms with Gasteiger partial charge in [0.1, 0.15) is 11.5 Å². The van der Waals surface area contributed by atoms with Crippen molar-refractivity contribution in [1.82, 2.24) is 20.1 Å². The van der Waals surface area contributed by atoms with E-state index in [4.69, 9.17) is 11.6 Å². The van der Waals surface area contributed by atoms with Crippen molar-refractivity contribution in [1.29, 1.82) is 0 Å². The Morgan fingerprint density at radius 3 is 2.67 bits per heavy atom. The number of rotatable bonds is 4. The van der Waals surface area contributed by atoms with E-state index in [0.717, 1.165) is 17.5 Å². The second kappa shape index (κ2) is 8.75. The molecule has 1 amide bonds. The fourth-order valence-electron chi connectivity index (χ4n) is 2.93. The van der Waals surface area contributed by atoms with Crippen LogP contribution in [0.2, 0.25) is 5.02 Å². The minimum atomic E-state index is -5.01. The third-order valence-electron chi connectivity index (χ3n) is 4.79. The maximum atomic E-state index is 14.6. The summed E-state index contributed by atoms with van der Waals surface area (Å²) in [4.78, 5) is 25.9. The number of H-pyrrole nitrogens is 1. The summed E-state index contributed by atoms with van der Waals surface area (Å²) in [5.41, 5.74) is 0.103. The van der Waals surface area contributed by atoms with Crippen LogP contribution < -0.4 is 11.0 Å². The highest BCUT2D eigenvalue weighted by molar-refractivity contribution is 6.33. The second-order valence-electron chi connectivity index (χ2n) is 7.39. The molecule has 1 aliphatic rings. The maximum Gasteiger partial charge on any atom is 0.471 e. The molecule has 0 atom stereocenters. The van der Waals surface area contributed by atoms with E-state index in [1.165, 1.54) is 30.3 Å². The molecule has 170 valence electrons. The topological polar surface area (TPSA) is 79.8 Å². The Balaban J connectivity index is 1.60. The molecule has 1 fully saturated rings. The van der Waals surface area contributed by atoms with Gasteiger partial charge in [-0.15, -0.1) is 5.10 Å². The van der Waals surface area contributed by atoms with Crippen LogP contribution in [0.4, 0.5) is 17.6 Å². The number of amides is 1. The number of aromatic nitrogens is 3. The number of carbonyl (C=O) groups is 1. The summed E-state index contributed by atoms with van der Waals surface area (Å²) in [6.45, 7) is -0.425. The molecule has 1 heterocycles. The molecule has 1 saturated carbocycles. The van der Waals surface area contributed by atoms with Crippen molar-refractivity contribution in [2.75, 3.05) is 0 Å². The third kappa shape index (κ3) is 5.26. The van der Waals surface area contributed by atoms with Crippen molar-refractivity contribution >= 4 is 17.5 Å². The first-order chi connectivity index (χ1) is 15.6. The van der Waals surface area contributed by atoms with E-state index in [1.807, 2.05) is 0 Å². The third-order valence-corrected chi connectivity index (χ3v) is 5.12. The quantitative estimate of drug-likeness (QED) is 0.440. The first-order valence-corrected chi connectivity index (χ1v) is 10.1. The number of hydrogen-bond donors (Lipinski definition) is 2. The maximum absolute atomic E-state index is 14.6. The van der Waals surface area contributed by atoms with Crippen LogP contribution in [-0.2, 0) is 11.3 Å². The van der Waals surface area contributed by atoms with E-state index < -0.39 is 30.1 Å². The summed E-state index contributed by atoms with van der Waals surface area (Å²) in [5.74, 6) is 3.46. The molecule has 0 saturated heterocycles. The van der Waals surface area contributed by atoms with Gasteiger partial charge >= 0.3 is 17.8 Å². The fourth-order valence-corrected chi connectivity index (χ4v) is 3.13. The Morgan fingerprint density at radius 1 is 1.24 bits per heavy atom. The predicted octanol–water partition coefficient (Wildman–Crippen LogP) is 3.96. The van der Waals surface area contributed by atoms with E-state index in [2.05, 4.69) is 21.9 Å². The van der Waals surface area contributed by atoms with Gasteiger partial charge in [0.05, 0.1) is 5.02 Å². The van der Waals surface area contributed by atoms with Gasteiger partial charge in [0, 0.05) is 23.6 Å². The number of carbonyl (C=O) groups excluding carboxylic acids is 1. The fraction of sp³-hybridized carbons (Fsp3) is 0.227. The van der Waals surface area contributed by atoms with E-state index >= 15 is 0 Å².